The molecule has 0 fully saturated rings. The molecule has 0 radical (unpaired) electrons. The second kappa shape index (κ2) is 4.18. The topological polar surface area (TPSA) is 91.3 Å². The van der Waals surface area contributed by atoms with Gasteiger partial charge >= 0.3 is 6.54 Å². The highest BCUT2D eigenvalue weighted by Crippen LogP contribution is 2.09. The average molecular weight is 228 g/mol. The molecule has 0 spiro atoms. The Kier molecular flexibility index (Phi) is 3.16. The van der Waals surface area contributed by atoms with Crippen LogP contribution in [0.5, 0.6) is 0 Å². The van der Waals surface area contributed by atoms with E-state index in [1.54, 1.807) is 6.07 Å². The molecule has 0 N–H and O–H groups in total. The standard InChI is InChI=1S/C7H10N5O2S/c1-12(15(2,13)14)7-9-4-3-6(11-7)5-10-8/h3-4H,5H2,1-2H3/q+1. The number of sulfonamides is 1. The molecule has 1 heterocycles. The van der Waals surface area contributed by atoms with E-state index in [0.717, 1.165) is 10.6 Å². The molecule has 1 aromatic heterocycles. The molecule has 0 atom stereocenters. The molecule has 80 valence electrons. The third kappa shape index (κ3) is 2.85. The molecule has 0 aliphatic rings. The normalized spacial score (nSPS) is 10.7. The first-order chi connectivity index (χ1) is 6.95. The monoisotopic (exact) mass is 228 g/mol. The molecule has 0 aliphatic carbocycles. The van der Waals surface area contributed by atoms with Gasteiger partial charge in [-0.05, 0) is 6.07 Å². The van der Waals surface area contributed by atoms with Gasteiger partial charge in [0.05, 0.1) is 6.26 Å². The molecule has 0 aliphatic heterocycles. The summed E-state index contributed by atoms with van der Waals surface area (Å²) < 4.78 is 23.3. The minimum atomic E-state index is -3.37. The summed E-state index contributed by atoms with van der Waals surface area (Å²) in [7, 11) is -2.02. The lowest BCUT2D eigenvalue weighted by molar-refractivity contribution is 0.599. The fraction of sp³-hybridized carbons (Fsp3) is 0.429. The molecule has 0 aromatic carbocycles. The maximum Gasteiger partial charge on any atom is 0.347 e. The van der Waals surface area contributed by atoms with Crippen molar-refractivity contribution in [1.82, 2.24) is 9.97 Å². The highest BCUT2D eigenvalue weighted by Gasteiger charge is 2.15. The lowest BCUT2D eigenvalue weighted by atomic mass is 10.4. The zero-order valence-electron chi connectivity index (χ0n) is 8.32. The highest BCUT2D eigenvalue weighted by atomic mass is 32.2. The summed E-state index contributed by atoms with van der Waals surface area (Å²) in [5.74, 6) is 0.0543. The fourth-order valence-electron chi connectivity index (χ4n) is 0.845. The Labute approximate surface area is 87.4 Å². The third-order valence-corrected chi connectivity index (χ3v) is 2.87. The maximum atomic E-state index is 11.2. The van der Waals surface area contributed by atoms with Gasteiger partial charge in [-0.3, -0.25) is 0 Å². The van der Waals surface area contributed by atoms with E-state index in [-0.39, 0.29) is 12.5 Å². The Morgan fingerprint density at radius 1 is 1.60 bits per heavy atom. The van der Waals surface area contributed by atoms with Gasteiger partial charge in [-0.15, -0.1) is 0 Å². The van der Waals surface area contributed by atoms with Crippen LogP contribution in [0.3, 0.4) is 0 Å². The van der Waals surface area contributed by atoms with Crippen molar-refractivity contribution in [3.8, 4) is 0 Å². The summed E-state index contributed by atoms with van der Waals surface area (Å²) in [6.45, 7) is 0.00707. The van der Waals surface area contributed by atoms with Crippen LogP contribution in [-0.2, 0) is 16.6 Å². The fourth-order valence-corrected chi connectivity index (χ4v) is 1.23. The average Bonchev–Trinajstić information content (AvgIpc) is 2.16. The summed E-state index contributed by atoms with van der Waals surface area (Å²) in [5.41, 5.74) is 0.443. The molecule has 15 heavy (non-hydrogen) atoms. The Hall–Kier alpha value is -1.75. The van der Waals surface area contributed by atoms with E-state index in [9.17, 15) is 8.42 Å². The van der Waals surface area contributed by atoms with Crippen molar-refractivity contribution in [2.24, 2.45) is 0 Å². The van der Waals surface area contributed by atoms with Crippen molar-refractivity contribution in [3.63, 3.8) is 0 Å². The van der Waals surface area contributed by atoms with E-state index >= 15 is 0 Å². The number of nitrogens with zero attached hydrogens (tertiary/aromatic N) is 5. The van der Waals surface area contributed by atoms with E-state index in [2.05, 4.69) is 14.9 Å². The van der Waals surface area contributed by atoms with Crippen LogP contribution in [0.4, 0.5) is 5.95 Å². The quantitative estimate of drug-likeness (QED) is 0.690. The van der Waals surface area contributed by atoms with Gasteiger partial charge in [0.25, 0.3) is 0 Å². The van der Waals surface area contributed by atoms with Crippen LogP contribution in [-0.4, -0.2) is 31.7 Å². The summed E-state index contributed by atoms with van der Waals surface area (Å²) in [5, 5.41) is 8.34. The zero-order valence-corrected chi connectivity index (χ0v) is 9.14. The van der Waals surface area contributed by atoms with Gasteiger partial charge in [0.15, 0.2) is 0 Å². The first kappa shape index (κ1) is 11.3. The second-order valence-corrected chi connectivity index (χ2v) is 4.89. The molecular weight excluding hydrogens is 218 g/mol. The first-order valence-electron chi connectivity index (χ1n) is 4.02. The summed E-state index contributed by atoms with van der Waals surface area (Å²) >= 11 is 0. The van der Waals surface area contributed by atoms with E-state index in [0.29, 0.717) is 5.69 Å². The van der Waals surface area contributed by atoms with Crippen LogP contribution < -0.4 is 4.31 Å². The van der Waals surface area contributed by atoms with Crippen LogP contribution in [0, 0.1) is 5.39 Å². The molecule has 7 nitrogen and oxygen atoms in total. The Morgan fingerprint density at radius 2 is 2.27 bits per heavy atom. The third-order valence-electron chi connectivity index (χ3n) is 1.71. The van der Waals surface area contributed by atoms with E-state index in [1.165, 1.54) is 13.2 Å². The van der Waals surface area contributed by atoms with Crippen LogP contribution >= 0.6 is 0 Å². The van der Waals surface area contributed by atoms with E-state index in [1.807, 2.05) is 0 Å². The number of aromatic nitrogens is 2. The van der Waals surface area contributed by atoms with Crippen LogP contribution in [0.1, 0.15) is 5.69 Å². The van der Waals surface area contributed by atoms with Crippen molar-refractivity contribution in [2.45, 2.75) is 6.54 Å². The predicted octanol–water partition coefficient (Wildman–Crippen LogP) is 0.225. The Morgan fingerprint density at radius 3 is 2.80 bits per heavy atom. The van der Waals surface area contributed by atoms with Crippen molar-refractivity contribution < 1.29 is 8.42 Å². The zero-order chi connectivity index (χ0) is 11.5. The smallest absolute Gasteiger partial charge is 0.241 e. The van der Waals surface area contributed by atoms with Crippen molar-refractivity contribution in [2.75, 3.05) is 17.6 Å². The van der Waals surface area contributed by atoms with E-state index < -0.39 is 10.0 Å². The van der Waals surface area contributed by atoms with Crippen LogP contribution in [0.15, 0.2) is 12.3 Å². The maximum absolute atomic E-state index is 11.2. The first-order valence-corrected chi connectivity index (χ1v) is 5.86. The van der Waals surface area contributed by atoms with Gasteiger partial charge in [0, 0.05) is 13.2 Å². The highest BCUT2D eigenvalue weighted by molar-refractivity contribution is 7.92. The number of hydrogen-bond acceptors (Lipinski definition) is 5. The van der Waals surface area contributed by atoms with E-state index in [4.69, 9.17) is 5.39 Å². The Balaban J connectivity index is 3.07. The molecule has 0 saturated carbocycles. The summed E-state index contributed by atoms with van der Waals surface area (Å²) in [4.78, 5) is 10.6. The molecule has 0 amide bonds. The van der Waals surface area contributed by atoms with Gasteiger partial charge in [-0.1, -0.05) is 0 Å². The molecule has 1 aromatic rings. The molecule has 0 saturated heterocycles. The van der Waals surface area contributed by atoms with Gasteiger partial charge in [0.1, 0.15) is 10.7 Å². The molecule has 0 unspecified atom stereocenters. The minimum absolute atomic E-state index is 0.00707. The van der Waals surface area contributed by atoms with Crippen LogP contribution in [0.2, 0.25) is 0 Å². The molecular formula is C7H10N5O2S+. The summed E-state index contributed by atoms with van der Waals surface area (Å²) in [6.07, 6.45) is 2.46. The predicted molar refractivity (Wildman–Crippen MR) is 54.1 cm³/mol. The van der Waals surface area contributed by atoms with Gasteiger partial charge in [-0.25, -0.2) is 22.7 Å². The lowest BCUT2D eigenvalue weighted by Crippen LogP contribution is -2.26. The van der Waals surface area contributed by atoms with Gasteiger partial charge < -0.3 is 0 Å². The van der Waals surface area contributed by atoms with Crippen LogP contribution in [0.25, 0.3) is 4.98 Å². The SMILES string of the molecule is CN(c1nccc(C[N+]#N)n1)S(C)(=O)=O. The Bertz CT molecular complexity index is 492. The molecule has 1 rings (SSSR count). The van der Waals surface area contributed by atoms with Gasteiger partial charge in [0.2, 0.25) is 21.4 Å². The number of rotatable bonds is 3. The lowest BCUT2D eigenvalue weighted by Gasteiger charge is -2.13. The van der Waals surface area contributed by atoms with Crippen molar-refractivity contribution in [1.29, 1.82) is 5.39 Å². The number of anilines is 1. The van der Waals surface area contributed by atoms with Crippen molar-refractivity contribution in [3.05, 3.63) is 22.9 Å². The molecule has 0 bridgehead atoms. The number of diazo groups is 1. The summed E-state index contributed by atoms with van der Waals surface area (Å²) in [6, 6.07) is 1.54. The van der Waals surface area contributed by atoms with Crippen molar-refractivity contribution >= 4 is 16.0 Å². The second-order valence-electron chi connectivity index (χ2n) is 2.88. The minimum Gasteiger partial charge on any atom is -0.241 e. The molecule has 8 heteroatoms. The number of hydrogen-bond donors (Lipinski definition) is 0. The largest absolute Gasteiger partial charge is 0.347 e. The van der Waals surface area contributed by atoms with Gasteiger partial charge in [-0.2, -0.15) is 0 Å².